The molecule has 0 heterocycles. The van der Waals surface area contributed by atoms with Crippen molar-refractivity contribution in [3.63, 3.8) is 0 Å². The average Bonchev–Trinajstić information content (AvgIpc) is 1.90. The van der Waals surface area contributed by atoms with Crippen molar-refractivity contribution >= 4 is 0 Å². The van der Waals surface area contributed by atoms with E-state index in [1.54, 1.807) is 12.1 Å². The third-order valence-corrected chi connectivity index (χ3v) is 0.830. The van der Waals surface area contributed by atoms with Gasteiger partial charge in [-0.2, -0.15) is 0 Å². The first-order chi connectivity index (χ1) is 3.93. The van der Waals surface area contributed by atoms with E-state index in [0.29, 0.717) is 5.56 Å². The zero-order valence-electron chi connectivity index (χ0n) is 4.83. The van der Waals surface area contributed by atoms with Crippen LogP contribution in [-0.4, -0.2) is 0 Å². The summed E-state index contributed by atoms with van der Waals surface area (Å²) in [6, 6.07) is 11.8. The fourth-order valence-electron chi connectivity index (χ4n) is 0.463. The molecule has 0 unspecified atom stereocenters. The normalized spacial score (nSPS) is 7.00. The molecule has 1 radical (unpaired) electrons. The maximum atomic E-state index is 8.26. The van der Waals surface area contributed by atoms with Crippen LogP contribution in [0, 0.1) is 17.4 Å². The Morgan fingerprint density at radius 2 is 2.22 bits per heavy atom. The topological polar surface area (TPSA) is 23.8 Å². The van der Waals surface area contributed by atoms with E-state index in [1.807, 2.05) is 18.2 Å². The monoisotopic (exact) mass is 191 g/mol. The molecule has 0 aliphatic rings. The minimum Gasteiger partial charge on any atom is -0.262 e. The van der Waals surface area contributed by atoms with Gasteiger partial charge in [-0.05, 0) is 6.07 Å². The molecule has 1 rings (SSSR count). The van der Waals surface area contributed by atoms with E-state index >= 15 is 0 Å². The van der Waals surface area contributed by atoms with Crippen molar-refractivity contribution in [2.45, 2.75) is 0 Å². The van der Waals surface area contributed by atoms with Crippen LogP contribution in [0.25, 0.3) is 0 Å². The van der Waals surface area contributed by atoms with Gasteiger partial charge >= 0.3 is 0 Å². The maximum Gasteiger partial charge on any atom is 0 e. The summed E-state index contributed by atoms with van der Waals surface area (Å²) in [5.41, 5.74) is 0.590. The van der Waals surface area contributed by atoms with Gasteiger partial charge in [-0.25, -0.2) is 0 Å². The molecule has 0 saturated heterocycles. The second-order valence-corrected chi connectivity index (χ2v) is 1.39. The number of nitriles is 1. The molecule has 41 valence electrons. The van der Waals surface area contributed by atoms with Crippen LogP contribution in [0.2, 0.25) is 0 Å². The maximum absolute atomic E-state index is 8.26. The molecule has 2 heteroatoms. The number of benzene rings is 1. The third kappa shape index (κ3) is 2.74. The van der Waals surface area contributed by atoms with Crippen LogP contribution >= 0.6 is 0 Å². The second kappa shape index (κ2) is 4.67. The zero-order chi connectivity index (χ0) is 5.82. The number of nitrogens with zero attached hydrogens (tertiary/aromatic N) is 1. The van der Waals surface area contributed by atoms with Gasteiger partial charge in [-0.15, -0.1) is 30.3 Å². The standard InChI is InChI=1S/C7H4N.Y/c8-6-7-4-2-1-3-5-7;/h1-4H;/q-1;. The molecule has 1 aromatic rings. The van der Waals surface area contributed by atoms with Crippen molar-refractivity contribution in [1.29, 1.82) is 5.26 Å². The van der Waals surface area contributed by atoms with Crippen LogP contribution in [0.5, 0.6) is 0 Å². The Morgan fingerprint density at radius 1 is 1.44 bits per heavy atom. The Bertz CT molecular complexity index is 200. The summed E-state index contributed by atoms with van der Waals surface area (Å²) in [5.74, 6) is 0. The molecule has 0 saturated carbocycles. The van der Waals surface area contributed by atoms with Crippen LogP contribution < -0.4 is 0 Å². The summed E-state index contributed by atoms with van der Waals surface area (Å²) >= 11 is 0. The summed E-state index contributed by atoms with van der Waals surface area (Å²) in [7, 11) is 0. The van der Waals surface area contributed by atoms with Gasteiger partial charge in [-0.1, -0.05) is 5.56 Å². The number of rotatable bonds is 0. The van der Waals surface area contributed by atoms with Crippen LogP contribution in [-0.2, 0) is 32.7 Å². The second-order valence-electron chi connectivity index (χ2n) is 1.39. The summed E-state index contributed by atoms with van der Waals surface area (Å²) in [5, 5.41) is 8.26. The predicted molar refractivity (Wildman–Crippen MR) is 30.0 cm³/mol. The molecular weight excluding hydrogens is 187 g/mol. The first kappa shape index (κ1) is 8.81. The van der Waals surface area contributed by atoms with E-state index in [2.05, 4.69) is 6.07 Å². The van der Waals surface area contributed by atoms with Crippen LogP contribution in [0.4, 0.5) is 0 Å². The van der Waals surface area contributed by atoms with Crippen molar-refractivity contribution in [2.24, 2.45) is 0 Å². The molecule has 0 fully saturated rings. The van der Waals surface area contributed by atoms with Crippen LogP contribution in [0.3, 0.4) is 0 Å². The Balaban J connectivity index is 0.000000640. The van der Waals surface area contributed by atoms with Gasteiger partial charge in [0.2, 0.25) is 0 Å². The molecule has 0 atom stereocenters. The smallest absolute Gasteiger partial charge is 0 e. The van der Waals surface area contributed by atoms with Crippen LogP contribution in [0.1, 0.15) is 5.56 Å². The van der Waals surface area contributed by atoms with Gasteiger partial charge in [0.05, 0.1) is 0 Å². The minimum absolute atomic E-state index is 0. The molecule has 9 heavy (non-hydrogen) atoms. The Kier molecular flexibility index (Phi) is 4.57. The Hall–Kier alpha value is -0.186. The van der Waals surface area contributed by atoms with Crippen molar-refractivity contribution in [3.05, 3.63) is 35.9 Å². The first-order valence-electron chi connectivity index (χ1n) is 2.30. The van der Waals surface area contributed by atoms with Gasteiger partial charge in [-0.3, -0.25) is 5.26 Å². The summed E-state index contributed by atoms with van der Waals surface area (Å²) in [4.78, 5) is 0. The SMILES string of the molecule is N#Cc1[c-]cccc1.[Y]. The van der Waals surface area contributed by atoms with Gasteiger partial charge in [0.1, 0.15) is 0 Å². The summed E-state index contributed by atoms with van der Waals surface area (Å²) in [6.07, 6.45) is 0. The van der Waals surface area contributed by atoms with Crippen molar-refractivity contribution in [3.8, 4) is 6.07 Å². The van der Waals surface area contributed by atoms with Gasteiger partial charge in [0.15, 0.2) is 0 Å². The molecule has 0 aliphatic carbocycles. The fourth-order valence-corrected chi connectivity index (χ4v) is 0.463. The Labute approximate surface area is 79.6 Å². The molecule has 0 spiro atoms. The van der Waals surface area contributed by atoms with E-state index in [-0.39, 0.29) is 32.7 Å². The first-order valence-corrected chi connectivity index (χ1v) is 2.30. The minimum atomic E-state index is 0. The van der Waals surface area contributed by atoms with Crippen molar-refractivity contribution in [1.82, 2.24) is 0 Å². The Morgan fingerprint density at radius 3 is 2.56 bits per heavy atom. The van der Waals surface area contributed by atoms with E-state index in [4.69, 9.17) is 5.26 Å². The third-order valence-electron chi connectivity index (χ3n) is 0.830. The van der Waals surface area contributed by atoms with E-state index in [1.165, 1.54) is 0 Å². The summed E-state index contributed by atoms with van der Waals surface area (Å²) in [6.45, 7) is 0. The molecule has 0 N–H and O–H groups in total. The molecule has 0 amide bonds. The van der Waals surface area contributed by atoms with Gasteiger partial charge in [0, 0.05) is 32.7 Å². The van der Waals surface area contributed by atoms with E-state index in [9.17, 15) is 0 Å². The molecule has 1 nitrogen and oxygen atoms in total. The van der Waals surface area contributed by atoms with Gasteiger partial charge in [0.25, 0.3) is 0 Å². The largest absolute Gasteiger partial charge is 0.262 e. The van der Waals surface area contributed by atoms with E-state index < -0.39 is 0 Å². The van der Waals surface area contributed by atoms with E-state index in [0.717, 1.165) is 0 Å². The van der Waals surface area contributed by atoms with Crippen LogP contribution in [0.15, 0.2) is 24.3 Å². The predicted octanol–water partition coefficient (Wildman–Crippen LogP) is 1.36. The quantitative estimate of drug-likeness (QED) is 0.568. The number of hydrogen-bond acceptors (Lipinski definition) is 1. The molecular formula is C7H4NY-. The molecule has 0 aliphatic heterocycles. The molecule has 0 bridgehead atoms. The summed E-state index contributed by atoms with van der Waals surface area (Å²) < 4.78 is 0. The number of hydrogen-bond donors (Lipinski definition) is 0. The molecule has 0 aromatic heterocycles. The average molecular weight is 191 g/mol. The zero-order valence-corrected chi connectivity index (χ0v) is 7.67. The van der Waals surface area contributed by atoms with Gasteiger partial charge < -0.3 is 0 Å². The van der Waals surface area contributed by atoms with Crippen molar-refractivity contribution in [2.75, 3.05) is 0 Å². The van der Waals surface area contributed by atoms with Crippen molar-refractivity contribution < 1.29 is 32.7 Å². The molecule has 1 aromatic carbocycles. The fraction of sp³-hybridized carbons (Fsp3) is 0.